The standard InChI is InChI=1S/C25H42N6O/c1-21(2)28-24(32)20-30-14-16-31(17-15-30)25(26-3)27-18-22-10-6-7-11-23(22)19-29-12-8-4-5-9-13-29/h6-7,10-11,21H,4-5,8-9,12-20H2,1-3H3,(H,26,27)(H,28,32). The summed E-state index contributed by atoms with van der Waals surface area (Å²) < 4.78 is 0. The van der Waals surface area contributed by atoms with Crippen molar-refractivity contribution in [3.63, 3.8) is 0 Å². The zero-order valence-electron chi connectivity index (χ0n) is 20.3. The van der Waals surface area contributed by atoms with E-state index in [9.17, 15) is 4.79 Å². The zero-order chi connectivity index (χ0) is 22.8. The molecular formula is C25H42N6O. The van der Waals surface area contributed by atoms with Crippen LogP contribution in [0, 0.1) is 0 Å². The lowest BCUT2D eigenvalue weighted by Crippen LogP contribution is -2.54. The lowest BCUT2D eigenvalue weighted by molar-refractivity contribution is -0.123. The Morgan fingerprint density at radius 3 is 2.22 bits per heavy atom. The SMILES string of the molecule is CN=C(NCc1ccccc1CN1CCCCCC1)N1CCN(CC(=O)NC(C)C)CC1. The Morgan fingerprint density at radius 2 is 1.59 bits per heavy atom. The van der Waals surface area contributed by atoms with Crippen LogP contribution in [0.2, 0.25) is 0 Å². The van der Waals surface area contributed by atoms with E-state index in [1.54, 1.807) is 0 Å². The normalized spacial score (nSPS) is 19.1. The number of carbonyl (C=O) groups excluding carboxylic acids is 1. The number of nitrogens with one attached hydrogen (secondary N) is 2. The monoisotopic (exact) mass is 442 g/mol. The smallest absolute Gasteiger partial charge is 0.234 e. The average molecular weight is 443 g/mol. The van der Waals surface area contributed by atoms with Crippen LogP contribution in [0.1, 0.15) is 50.7 Å². The third-order valence-electron chi connectivity index (χ3n) is 6.35. The number of hydrogen-bond acceptors (Lipinski definition) is 4. The fraction of sp³-hybridized carbons (Fsp3) is 0.680. The van der Waals surface area contributed by atoms with E-state index >= 15 is 0 Å². The van der Waals surface area contributed by atoms with Crippen molar-refractivity contribution >= 4 is 11.9 Å². The van der Waals surface area contributed by atoms with Crippen LogP contribution in [0.5, 0.6) is 0 Å². The summed E-state index contributed by atoms with van der Waals surface area (Å²) in [4.78, 5) is 23.7. The summed E-state index contributed by atoms with van der Waals surface area (Å²) in [6.45, 7) is 12.2. The second-order valence-electron chi connectivity index (χ2n) is 9.35. The molecule has 0 aromatic heterocycles. The van der Waals surface area contributed by atoms with Gasteiger partial charge < -0.3 is 15.5 Å². The molecule has 2 fully saturated rings. The van der Waals surface area contributed by atoms with Crippen LogP contribution in [0.15, 0.2) is 29.3 Å². The van der Waals surface area contributed by atoms with E-state index in [1.165, 1.54) is 49.9 Å². The van der Waals surface area contributed by atoms with Crippen molar-refractivity contribution in [3.05, 3.63) is 35.4 Å². The van der Waals surface area contributed by atoms with Crippen LogP contribution < -0.4 is 10.6 Å². The maximum Gasteiger partial charge on any atom is 0.234 e. The van der Waals surface area contributed by atoms with Gasteiger partial charge in [-0.2, -0.15) is 0 Å². The van der Waals surface area contributed by atoms with Crippen LogP contribution in [-0.2, 0) is 17.9 Å². The van der Waals surface area contributed by atoms with Crippen LogP contribution >= 0.6 is 0 Å². The first kappa shape index (κ1) is 24.5. The number of guanidine groups is 1. The fourth-order valence-corrected chi connectivity index (χ4v) is 4.61. The van der Waals surface area contributed by atoms with Crippen LogP contribution in [0.4, 0.5) is 0 Å². The minimum absolute atomic E-state index is 0.108. The number of hydrogen-bond donors (Lipinski definition) is 2. The summed E-state index contributed by atoms with van der Waals surface area (Å²) >= 11 is 0. The molecule has 0 spiro atoms. The lowest BCUT2D eigenvalue weighted by atomic mass is 10.1. The van der Waals surface area contributed by atoms with E-state index in [4.69, 9.17) is 0 Å². The second-order valence-corrected chi connectivity index (χ2v) is 9.35. The number of benzene rings is 1. The van der Waals surface area contributed by atoms with Gasteiger partial charge >= 0.3 is 0 Å². The Bertz CT molecular complexity index is 734. The first-order chi connectivity index (χ1) is 15.5. The molecule has 1 aromatic rings. The number of rotatable bonds is 7. The quantitative estimate of drug-likeness (QED) is 0.501. The van der Waals surface area contributed by atoms with Crippen LogP contribution in [-0.4, -0.2) is 85.5 Å². The van der Waals surface area contributed by atoms with E-state index in [-0.39, 0.29) is 11.9 Å². The highest BCUT2D eigenvalue weighted by Crippen LogP contribution is 2.16. The molecule has 1 amide bonds. The van der Waals surface area contributed by atoms with Gasteiger partial charge in [0.25, 0.3) is 0 Å². The Hall–Kier alpha value is -2.12. The molecule has 2 N–H and O–H groups in total. The maximum absolute atomic E-state index is 12.0. The minimum Gasteiger partial charge on any atom is -0.353 e. The highest BCUT2D eigenvalue weighted by molar-refractivity contribution is 5.80. The fourth-order valence-electron chi connectivity index (χ4n) is 4.61. The number of likely N-dealkylation sites (tertiary alicyclic amines) is 1. The molecule has 2 aliphatic rings. The van der Waals surface area contributed by atoms with Gasteiger partial charge in [0.2, 0.25) is 5.91 Å². The van der Waals surface area contributed by atoms with E-state index in [1.807, 2.05) is 20.9 Å². The molecule has 0 unspecified atom stereocenters. The molecular weight excluding hydrogens is 400 g/mol. The number of amides is 1. The molecule has 2 aliphatic heterocycles. The van der Waals surface area contributed by atoms with Crippen LogP contribution in [0.3, 0.4) is 0 Å². The number of carbonyl (C=O) groups is 1. The van der Waals surface area contributed by atoms with Gasteiger partial charge in [-0.3, -0.25) is 19.6 Å². The highest BCUT2D eigenvalue weighted by atomic mass is 16.2. The number of piperazine rings is 1. The topological polar surface area (TPSA) is 63.2 Å². The van der Waals surface area contributed by atoms with Gasteiger partial charge in [-0.05, 0) is 50.9 Å². The molecule has 178 valence electrons. The zero-order valence-corrected chi connectivity index (χ0v) is 20.3. The maximum atomic E-state index is 12.0. The Kier molecular flexibility index (Phi) is 9.81. The third-order valence-corrected chi connectivity index (χ3v) is 6.35. The molecule has 3 rings (SSSR count). The summed E-state index contributed by atoms with van der Waals surface area (Å²) in [5.74, 6) is 1.05. The molecule has 7 heteroatoms. The van der Waals surface area contributed by atoms with E-state index < -0.39 is 0 Å². The average Bonchev–Trinajstić information content (AvgIpc) is 3.04. The predicted octanol–water partition coefficient (Wildman–Crippen LogP) is 2.28. The van der Waals surface area contributed by atoms with Gasteiger partial charge in [0.15, 0.2) is 5.96 Å². The summed E-state index contributed by atoms with van der Waals surface area (Å²) in [5.41, 5.74) is 2.76. The van der Waals surface area contributed by atoms with Crippen molar-refractivity contribution in [1.82, 2.24) is 25.3 Å². The summed E-state index contributed by atoms with van der Waals surface area (Å²) in [7, 11) is 1.86. The minimum atomic E-state index is 0.108. The van der Waals surface area contributed by atoms with Gasteiger partial charge in [-0.25, -0.2) is 0 Å². The molecule has 1 aromatic carbocycles. The number of aliphatic imine (C=N–C) groups is 1. The molecule has 2 heterocycles. The van der Waals surface area contributed by atoms with Gasteiger partial charge in [0.1, 0.15) is 0 Å². The molecule has 0 aliphatic carbocycles. The largest absolute Gasteiger partial charge is 0.353 e. The number of nitrogens with zero attached hydrogens (tertiary/aromatic N) is 4. The van der Waals surface area contributed by atoms with Crippen molar-refractivity contribution in [2.75, 3.05) is 52.9 Å². The second kappa shape index (κ2) is 12.8. The van der Waals surface area contributed by atoms with Crippen molar-refractivity contribution in [2.45, 2.75) is 58.7 Å². The first-order valence-corrected chi connectivity index (χ1v) is 12.3. The predicted molar refractivity (Wildman–Crippen MR) is 132 cm³/mol. The Morgan fingerprint density at radius 1 is 0.938 bits per heavy atom. The van der Waals surface area contributed by atoms with Crippen molar-refractivity contribution in [2.24, 2.45) is 4.99 Å². The molecule has 2 saturated heterocycles. The van der Waals surface area contributed by atoms with Crippen molar-refractivity contribution in [1.29, 1.82) is 0 Å². The molecule has 32 heavy (non-hydrogen) atoms. The Labute approximate surface area is 194 Å². The highest BCUT2D eigenvalue weighted by Gasteiger charge is 2.21. The lowest BCUT2D eigenvalue weighted by Gasteiger charge is -2.36. The molecule has 0 bridgehead atoms. The van der Waals surface area contributed by atoms with Gasteiger partial charge in [-0.1, -0.05) is 37.1 Å². The van der Waals surface area contributed by atoms with Gasteiger partial charge in [0.05, 0.1) is 6.54 Å². The summed E-state index contributed by atoms with van der Waals surface area (Å²) in [6, 6.07) is 8.98. The summed E-state index contributed by atoms with van der Waals surface area (Å²) in [5, 5.41) is 6.56. The van der Waals surface area contributed by atoms with Crippen LogP contribution in [0.25, 0.3) is 0 Å². The van der Waals surface area contributed by atoms with E-state index in [0.29, 0.717) is 6.54 Å². The first-order valence-electron chi connectivity index (χ1n) is 12.3. The van der Waals surface area contributed by atoms with E-state index in [2.05, 4.69) is 54.6 Å². The van der Waals surface area contributed by atoms with Crippen molar-refractivity contribution < 1.29 is 4.79 Å². The molecule has 0 saturated carbocycles. The molecule has 7 nitrogen and oxygen atoms in total. The molecule has 0 atom stereocenters. The molecule has 0 radical (unpaired) electrons. The third kappa shape index (κ3) is 7.78. The Balaban J connectivity index is 1.49. The van der Waals surface area contributed by atoms with E-state index in [0.717, 1.165) is 45.2 Å². The van der Waals surface area contributed by atoms with Gasteiger partial charge in [-0.15, -0.1) is 0 Å². The van der Waals surface area contributed by atoms with Crippen molar-refractivity contribution in [3.8, 4) is 0 Å². The summed E-state index contributed by atoms with van der Waals surface area (Å²) in [6.07, 6.45) is 5.37. The van der Waals surface area contributed by atoms with Gasteiger partial charge in [0, 0.05) is 52.4 Å².